The van der Waals surface area contributed by atoms with Crippen molar-refractivity contribution in [2.75, 3.05) is 7.11 Å². The Labute approximate surface area is 117 Å². The van der Waals surface area contributed by atoms with Crippen LogP contribution in [0, 0.1) is 0 Å². The van der Waals surface area contributed by atoms with Crippen LogP contribution in [0.5, 0.6) is 5.75 Å². The molecule has 0 atom stereocenters. The van der Waals surface area contributed by atoms with E-state index in [2.05, 4.69) is 20.9 Å². The van der Waals surface area contributed by atoms with Crippen molar-refractivity contribution in [2.24, 2.45) is 0 Å². The normalized spacial score (nSPS) is 10.4. The van der Waals surface area contributed by atoms with Crippen LogP contribution in [0.2, 0.25) is 5.15 Å². The molecule has 18 heavy (non-hydrogen) atoms. The number of rotatable bonds is 3. The van der Waals surface area contributed by atoms with Gasteiger partial charge >= 0.3 is 0 Å². The van der Waals surface area contributed by atoms with E-state index in [-0.39, 0.29) is 10.7 Å². The summed E-state index contributed by atoms with van der Waals surface area (Å²) in [5.74, 6) is 0.750. The van der Waals surface area contributed by atoms with E-state index in [4.69, 9.17) is 16.3 Å². The minimum atomic E-state index is -0.179. The van der Waals surface area contributed by atoms with Gasteiger partial charge in [-0.05, 0) is 33.6 Å². The first-order chi connectivity index (χ1) is 8.60. The number of benzene rings is 1. The molecule has 0 spiro atoms. The quantitative estimate of drug-likeness (QED) is 0.813. The lowest BCUT2D eigenvalue weighted by Crippen LogP contribution is -2.19. The van der Waals surface area contributed by atoms with Crippen molar-refractivity contribution in [1.82, 2.24) is 9.55 Å². The molecule has 0 N–H and O–H groups in total. The van der Waals surface area contributed by atoms with Crippen LogP contribution >= 0.6 is 27.5 Å². The highest BCUT2D eigenvalue weighted by Crippen LogP contribution is 2.25. The van der Waals surface area contributed by atoms with Crippen LogP contribution in [0.15, 0.2) is 39.9 Å². The highest BCUT2D eigenvalue weighted by atomic mass is 79.9. The fourth-order valence-electron chi connectivity index (χ4n) is 1.53. The molecular formula is C12H10BrClN2O2. The molecule has 0 aliphatic heterocycles. The summed E-state index contributed by atoms with van der Waals surface area (Å²) >= 11 is 9.04. The number of nitrogens with zero attached hydrogens (tertiary/aromatic N) is 2. The molecule has 94 valence electrons. The number of aromatic nitrogens is 2. The molecule has 2 aromatic rings. The number of methoxy groups -OCH3 is 1. The molecule has 0 bridgehead atoms. The minimum absolute atomic E-state index is 0.179. The van der Waals surface area contributed by atoms with Crippen molar-refractivity contribution in [3.8, 4) is 5.75 Å². The fourth-order valence-corrected chi connectivity index (χ4v) is 2.25. The van der Waals surface area contributed by atoms with Gasteiger partial charge in [0, 0.05) is 6.07 Å². The monoisotopic (exact) mass is 328 g/mol. The summed E-state index contributed by atoms with van der Waals surface area (Å²) in [7, 11) is 1.60. The van der Waals surface area contributed by atoms with Gasteiger partial charge < -0.3 is 4.74 Å². The zero-order valence-corrected chi connectivity index (χ0v) is 11.9. The molecule has 1 aromatic heterocycles. The second-order valence-corrected chi connectivity index (χ2v) is 4.89. The number of halogens is 2. The molecule has 0 radical (unpaired) electrons. The van der Waals surface area contributed by atoms with E-state index >= 15 is 0 Å². The first kappa shape index (κ1) is 13.1. The molecule has 0 unspecified atom stereocenters. The van der Waals surface area contributed by atoms with Gasteiger partial charge in [-0.1, -0.05) is 17.7 Å². The van der Waals surface area contributed by atoms with Crippen LogP contribution in [-0.2, 0) is 6.54 Å². The van der Waals surface area contributed by atoms with Crippen LogP contribution < -0.4 is 10.3 Å². The smallest absolute Gasteiger partial charge is 0.255 e. The summed E-state index contributed by atoms with van der Waals surface area (Å²) in [6.45, 7) is 0.436. The Bertz CT molecular complexity index is 628. The molecule has 0 aliphatic carbocycles. The fraction of sp³-hybridized carbons (Fsp3) is 0.167. The lowest BCUT2D eigenvalue weighted by atomic mass is 10.2. The molecule has 0 aliphatic rings. The summed E-state index contributed by atoms with van der Waals surface area (Å²) in [6.07, 6.45) is 1.43. The van der Waals surface area contributed by atoms with Gasteiger partial charge in [-0.2, -0.15) is 0 Å². The van der Waals surface area contributed by atoms with Crippen molar-refractivity contribution in [2.45, 2.75) is 6.54 Å². The van der Waals surface area contributed by atoms with Gasteiger partial charge in [0.1, 0.15) is 10.9 Å². The zero-order chi connectivity index (χ0) is 13.1. The van der Waals surface area contributed by atoms with Crippen molar-refractivity contribution < 1.29 is 4.74 Å². The summed E-state index contributed by atoms with van der Waals surface area (Å²) in [6, 6.07) is 6.93. The van der Waals surface area contributed by atoms with E-state index in [9.17, 15) is 4.79 Å². The average Bonchev–Trinajstić information content (AvgIpc) is 2.33. The Kier molecular flexibility index (Phi) is 4.04. The van der Waals surface area contributed by atoms with Crippen molar-refractivity contribution in [3.05, 3.63) is 56.1 Å². The zero-order valence-electron chi connectivity index (χ0n) is 9.56. The van der Waals surface area contributed by atoms with Crippen molar-refractivity contribution in [3.63, 3.8) is 0 Å². The van der Waals surface area contributed by atoms with E-state index in [1.807, 2.05) is 18.2 Å². The second kappa shape index (κ2) is 5.54. The summed E-state index contributed by atoms with van der Waals surface area (Å²) in [5, 5.41) is 0.201. The highest BCUT2D eigenvalue weighted by molar-refractivity contribution is 9.10. The van der Waals surface area contributed by atoms with Gasteiger partial charge in [0.15, 0.2) is 0 Å². The Balaban J connectivity index is 2.29. The van der Waals surface area contributed by atoms with Crippen molar-refractivity contribution >= 4 is 27.5 Å². The Morgan fingerprint density at radius 2 is 2.22 bits per heavy atom. The average molecular weight is 330 g/mol. The maximum Gasteiger partial charge on any atom is 0.255 e. The molecule has 4 nitrogen and oxygen atoms in total. The molecular weight excluding hydrogens is 320 g/mol. The van der Waals surface area contributed by atoms with Crippen molar-refractivity contribution in [1.29, 1.82) is 0 Å². The van der Waals surface area contributed by atoms with Crippen LogP contribution in [0.1, 0.15) is 5.56 Å². The summed E-state index contributed by atoms with van der Waals surface area (Å²) < 4.78 is 7.48. The van der Waals surface area contributed by atoms with Crippen LogP contribution in [0.25, 0.3) is 0 Å². The third-order valence-corrected chi connectivity index (χ3v) is 3.24. The van der Waals surface area contributed by atoms with Gasteiger partial charge in [-0.15, -0.1) is 0 Å². The molecule has 1 heterocycles. The van der Waals surface area contributed by atoms with E-state index in [1.54, 1.807) is 7.11 Å². The Morgan fingerprint density at radius 3 is 2.83 bits per heavy atom. The van der Waals surface area contributed by atoms with Gasteiger partial charge in [0.2, 0.25) is 0 Å². The standard InChI is InChI=1S/C12H10BrClN2O2/c1-18-10-3-2-8(4-9(10)13)6-16-7-15-11(14)5-12(16)17/h2-5,7H,6H2,1H3. The third-order valence-electron chi connectivity index (χ3n) is 2.42. The van der Waals surface area contributed by atoms with Gasteiger partial charge in [0.25, 0.3) is 5.56 Å². The molecule has 6 heteroatoms. The second-order valence-electron chi connectivity index (χ2n) is 3.65. The molecule has 0 saturated heterocycles. The van der Waals surface area contributed by atoms with Crippen LogP contribution in [0.4, 0.5) is 0 Å². The first-order valence-corrected chi connectivity index (χ1v) is 6.31. The molecule has 0 fully saturated rings. The summed E-state index contributed by atoms with van der Waals surface area (Å²) in [4.78, 5) is 15.5. The Morgan fingerprint density at radius 1 is 1.44 bits per heavy atom. The van der Waals surface area contributed by atoms with Gasteiger partial charge in [0.05, 0.1) is 24.5 Å². The predicted octanol–water partition coefficient (Wildman–Crippen LogP) is 2.72. The predicted molar refractivity (Wildman–Crippen MR) is 73.3 cm³/mol. The largest absolute Gasteiger partial charge is 0.496 e. The lowest BCUT2D eigenvalue weighted by Gasteiger charge is -2.08. The van der Waals surface area contributed by atoms with E-state index in [0.717, 1.165) is 15.8 Å². The SMILES string of the molecule is COc1ccc(Cn2cnc(Cl)cc2=O)cc1Br. The number of hydrogen-bond donors (Lipinski definition) is 0. The molecule has 0 saturated carbocycles. The van der Waals surface area contributed by atoms with Gasteiger partial charge in [-0.25, -0.2) is 4.98 Å². The van der Waals surface area contributed by atoms with E-state index < -0.39 is 0 Å². The molecule has 0 amide bonds. The maximum atomic E-state index is 11.7. The maximum absolute atomic E-state index is 11.7. The van der Waals surface area contributed by atoms with Gasteiger partial charge in [-0.3, -0.25) is 9.36 Å². The van der Waals surface area contributed by atoms with Crippen LogP contribution in [-0.4, -0.2) is 16.7 Å². The highest BCUT2D eigenvalue weighted by Gasteiger charge is 2.04. The first-order valence-electron chi connectivity index (χ1n) is 5.14. The topological polar surface area (TPSA) is 44.1 Å². The minimum Gasteiger partial charge on any atom is -0.496 e. The lowest BCUT2D eigenvalue weighted by molar-refractivity contribution is 0.412. The third kappa shape index (κ3) is 2.91. The van der Waals surface area contributed by atoms with E-state index in [0.29, 0.717) is 6.54 Å². The van der Waals surface area contributed by atoms with E-state index in [1.165, 1.54) is 17.0 Å². The molecule has 2 rings (SSSR count). The van der Waals surface area contributed by atoms with Crippen LogP contribution in [0.3, 0.4) is 0 Å². The summed E-state index contributed by atoms with van der Waals surface area (Å²) in [5.41, 5.74) is 0.788. The number of ether oxygens (including phenoxy) is 1. The Hall–Kier alpha value is -1.33. The molecule has 1 aromatic carbocycles. The number of hydrogen-bond acceptors (Lipinski definition) is 3.